The van der Waals surface area contributed by atoms with Crippen LogP contribution >= 0.6 is 11.6 Å². The van der Waals surface area contributed by atoms with Gasteiger partial charge in [-0.25, -0.2) is 9.97 Å². The van der Waals surface area contributed by atoms with Crippen molar-refractivity contribution in [2.24, 2.45) is 0 Å². The highest BCUT2D eigenvalue weighted by Gasteiger charge is 2.27. The van der Waals surface area contributed by atoms with Gasteiger partial charge in [0.05, 0.1) is 17.1 Å². The van der Waals surface area contributed by atoms with Gasteiger partial charge in [0.2, 0.25) is 0 Å². The van der Waals surface area contributed by atoms with Crippen molar-refractivity contribution in [3.8, 4) is 0 Å². The number of ether oxygens (including phenoxy) is 1. The zero-order chi connectivity index (χ0) is 20.0. The Kier molecular flexibility index (Phi) is 4.72. The molecular formula is C23H23ClN4O. The van der Waals surface area contributed by atoms with Crippen LogP contribution in [0.15, 0.2) is 42.6 Å². The lowest BCUT2D eigenvalue weighted by atomic mass is 10.0. The number of rotatable bonds is 3. The Labute approximate surface area is 174 Å². The molecule has 4 heterocycles. The first-order chi connectivity index (χ1) is 14.1. The molecule has 5 rings (SSSR count). The highest BCUT2D eigenvalue weighted by molar-refractivity contribution is 6.35. The molecule has 1 aromatic carbocycles. The number of fused-ring (bicyclic) bond motifs is 3. The molecule has 0 N–H and O–H groups in total. The van der Waals surface area contributed by atoms with Crippen LogP contribution in [0.1, 0.15) is 42.9 Å². The number of aryl methyl sites for hydroxylation is 1. The molecule has 1 aliphatic heterocycles. The summed E-state index contributed by atoms with van der Waals surface area (Å²) in [7, 11) is 0. The van der Waals surface area contributed by atoms with Gasteiger partial charge in [-0.3, -0.25) is 4.98 Å². The van der Waals surface area contributed by atoms with Crippen LogP contribution in [0.25, 0.3) is 21.9 Å². The maximum absolute atomic E-state index is 6.59. The summed E-state index contributed by atoms with van der Waals surface area (Å²) >= 11 is 6.59. The standard InChI is InChI=1S/C23H23ClN4O/c1-14-7-8-16(25-13-14)12-20-27-21-22(28(20)17-9-10-29-15(2)11-17)18-5-3-4-6-19(18)26-23(21)24/h3-8,13,15,17H,9-12H2,1-2H3/t15-,17-/m1/s1. The Morgan fingerprint density at radius 1 is 1.17 bits per heavy atom. The van der Waals surface area contributed by atoms with E-state index >= 15 is 0 Å². The topological polar surface area (TPSA) is 52.8 Å². The largest absolute Gasteiger partial charge is 0.378 e. The molecule has 6 heteroatoms. The summed E-state index contributed by atoms with van der Waals surface area (Å²) in [5.74, 6) is 0.982. The third-order valence-electron chi connectivity index (χ3n) is 5.69. The molecule has 0 amide bonds. The Balaban J connectivity index is 1.74. The van der Waals surface area contributed by atoms with Crippen molar-refractivity contribution >= 4 is 33.5 Å². The molecule has 0 spiro atoms. The van der Waals surface area contributed by atoms with E-state index in [1.54, 1.807) is 0 Å². The first-order valence-corrected chi connectivity index (χ1v) is 10.5. The van der Waals surface area contributed by atoms with Gasteiger partial charge in [-0.2, -0.15) is 0 Å². The van der Waals surface area contributed by atoms with E-state index in [2.05, 4.69) is 39.7 Å². The molecule has 1 saturated heterocycles. The minimum Gasteiger partial charge on any atom is -0.378 e. The molecule has 2 atom stereocenters. The fourth-order valence-electron chi connectivity index (χ4n) is 4.30. The zero-order valence-electron chi connectivity index (χ0n) is 16.6. The normalized spacial score (nSPS) is 19.8. The lowest BCUT2D eigenvalue weighted by Crippen LogP contribution is -2.26. The first kappa shape index (κ1) is 18.5. The molecule has 0 aliphatic carbocycles. The van der Waals surface area contributed by atoms with Crippen LogP contribution in [-0.2, 0) is 11.2 Å². The minimum absolute atomic E-state index is 0.222. The van der Waals surface area contributed by atoms with Gasteiger partial charge in [0.25, 0.3) is 0 Å². The van der Waals surface area contributed by atoms with E-state index in [0.29, 0.717) is 17.6 Å². The molecule has 0 unspecified atom stereocenters. The molecule has 148 valence electrons. The predicted molar refractivity (Wildman–Crippen MR) is 116 cm³/mol. The Morgan fingerprint density at radius 3 is 2.83 bits per heavy atom. The van der Waals surface area contributed by atoms with Crippen LogP contribution in [0.3, 0.4) is 0 Å². The van der Waals surface area contributed by atoms with E-state index in [9.17, 15) is 0 Å². The van der Waals surface area contributed by atoms with Gasteiger partial charge in [0.15, 0.2) is 5.15 Å². The average molecular weight is 407 g/mol. The fourth-order valence-corrected chi connectivity index (χ4v) is 4.52. The summed E-state index contributed by atoms with van der Waals surface area (Å²) in [6.45, 7) is 4.94. The van der Waals surface area contributed by atoms with Crippen molar-refractivity contribution in [2.75, 3.05) is 6.61 Å². The number of pyridine rings is 2. The van der Waals surface area contributed by atoms with Crippen molar-refractivity contribution in [1.29, 1.82) is 0 Å². The molecule has 0 saturated carbocycles. The summed E-state index contributed by atoms with van der Waals surface area (Å²) in [6.07, 6.45) is 4.70. The van der Waals surface area contributed by atoms with Crippen LogP contribution in [0.4, 0.5) is 0 Å². The molecule has 0 bridgehead atoms. The molecule has 5 nitrogen and oxygen atoms in total. The van der Waals surface area contributed by atoms with Crippen molar-refractivity contribution < 1.29 is 4.74 Å². The molecule has 29 heavy (non-hydrogen) atoms. The van der Waals surface area contributed by atoms with Crippen LogP contribution in [0, 0.1) is 6.92 Å². The summed E-state index contributed by atoms with van der Waals surface area (Å²) < 4.78 is 8.20. The Morgan fingerprint density at radius 2 is 2.03 bits per heavy atom. The number of benzene rings is 1. The van der Waals surface area contributed by atoms with Gasteiger partial charge >= 0.3 is 0 Å². The van der Waals surface area contributed by atoms with Crippen LogP contribution in [-0.4, -0.2) is 32.2 Å². The van der Waals surface area contributed by atoms with Crippen molar-refractivity contribution in [3.63, 3.8) is 0 Å². The van der Waals surface area contributed by atoms with Crippen molar-refractivity contribution in [3.05, 3.63) is 64.8 Å². The van der Waals surface area contributed by atoms with Crippen molar-refractivity contribution in [1.82, 2.24) is 19.5 Å². The third kappa shape index (κ3) is 3.38. The van der Waals surface area contributed by atoms with Crippen LogP contribution < -0.4 is 0 Å². The first-order valence-electron chi connectivity index (χ1n) is 10.1. The second-order valence-electron chi connectivity index (χ2n) is 7.88. The molecule has 1 fully saturated rings. The number of nitrogens with zero attached hydrogens (tertiary/aromatic N) is 4. The molecule has 3 aromatic heterocycles. The SMILES string of the molecule is Cc1ccc(Cc2nc3c(Cl)nc4ccccc4c3n2[C@@H]2CCO[C@H](C)C2)nc1. The summed E-state index contributed by atoms with van der Waals surface area (Å²) in [5, 5.41) is 1.54. The maximum atomic E-state index is 6.59. The van der Waals surface area contributed by atoms with E-state index in [1.165, 1.54) is 0 Å². The monoisotopic (exact) mass is 406 g/mol. The maximum Gasteiger partial charge on any atom is 0.157 e. The molecule has 1 aliphatic rings. The van der Waals surface area contributed by atoms with E-state index in [-0.39, 0.29) is 6.10 Å². The minimum atomic E-state index is 0.222. The van der Waals surface area contributed by atoms with Gasteiger partial charge in [-0.15, -0.1) is 0 Å². The van der Waals surface area contributed by atoms with Crippen LogP contribution in [0.5, 0.6) is 0 Å². The number of aromatic nitrogens is 4. The van der Waals surface area contributed by atoms with E-state index < -0.39 is 0 Å². The van der Waals surface area contributed by atoms with Gasteiger partial charge < -0.3 is 9.30 Å². The van der Waals surface area contributed by atoms with Gasteiger partial charge in [0, 0.05) is 36.3 Å². The third-order valence-corrected chi connectivity index (χ3v) is 5.96. The van der Waals surface area contributed by atoms with E-state index in [0.717, 1.165) is 58.5 Å². The van der Waals surface area contributed by atoms with Crippen molar-refractivity contribution in [2.45, 2.75) is 45.3 Å². The van der Waals surface area contributed by atoms with E-state index in [1.807, 2.05) is 31.3 Å². The number of para-hydroxylation sites is 1. The second kappa shape index (κ2) is 7.39. The molecular weight excluding hydrogens is 384 g/mol. The average Bonchev–Trinajstić information content (AvgIpc) is 3.10. The Bertz CT molecular complexity index is 1190. The Hall–Kier alpha value is -2.50. The number of halogens is 1. The number of imidazole rings is 1. The van der Waals surface area contributed by atoms with E-state index in [4.69, 9.17) is 21.3 Å². The summed E-state index contributed by atoms with van der Waals surface area (Å²) in [5.41, 5.74) is 4.89. The number of hydrogen-bond donors (Lipinski definition) is 0. The molecule has 0 radical (unpaired) electrons. The summed E-state index contributed by atoms with van der Waals surface area (Å²) in [6, 6.07) is 12.6. The summed E-state index contributed by atoms with van der Waals surface area (Å²) in [4.78, 5) is 14.2. The number of hydrogen-bond acceptors (Lipinski definition) is 4. The lowest BCUT2D eigenvalue weighted by Gasteiger charge is -2.30. The zero-order valence-corrected chi connectivity index (χ0v) is 17.4. The predicted octanol–water partition coefficient (Wildman–Crippen LogP) is 5.27. The lowest BCUT2D eigenvalue weighted by molar-refractivity contribution is 0.00631. The highest BCUT2D eigenvalue weighted by atomic mass is 35.5. The van der Waals surface area contributed by atoms with Gasteiger partial charge in [0.1, 0.15) is 11.3 Å². The highest BCUT2D eigenvalue weighted by Crippen LogP contribution is 2.36. The molecule has 4 aromatic rings. The van der Waals surface area contributed by atoms with Crippen LogP contribution in [0.2, 0.25) is 5.15 Å². The van der Waals surface area contributed by atoms with Gasteiger partial charge in [-0.1, -0.05) is 35.9 Å². The second-order valence-corrected chi connectivity index (χ2v) is 8.24. The smallest absolute Gasteiger partial charge is 0.157 e. The quantitative estimate of drug-likeness (QED) is 0.435. The fraction of sp³-hybridized carbons (Fsp3) is 0.348. The van der Waals surface area contributed by atoms with Gasteiger partial charge in [-0.05, 0) is 44.4 Å².